The highest BCUT2D eigenvalue weighted by atomic mass is 32.1. The Morgan fingerprint density at radius 3 is 2.44 bits per heavy atom. The summed E-state index contributed by atoms with van der Waals surface area (Å²) < 4.78 is 6.41. The Morgan fingerprint density at radius 2 is 1.75 bits per heavy atom. The van der Waals surface area contributed by atoms with Gasteiger partial charge in [0.2, 0.25) is 0 Å². The molecule has 0 saturated heterocycles. The van der Waals surface area contributed by atoms with Crippen LogP contribution in [-0.4, -0.2) is 13.1 Å². The van der Waals surface area contributed by atoms with Crippen LogP contribution in [-0.2, 0) is 6.61 Å². The van der Waals surface area contributed by atoms with E-state index in [0.717, 1.165) is 18.8 Å². The van der Waals surface area contributed by atoms with Crippen LogP contribution in [0.25, 0.3) is 6.08 Å². The molecule has 1 fully saturated rings. The predicted octanol–water partition coefficient (Wildman–Crippen LogP) is 8.30. The maximum absolute atomic E-state index is 6.41. The van der Waals surface area contributed by atoms with Gasteiger partial charge in [-0.2, -0.15) is 0 Å². The molecule has 1 heterocycles. The molecule has 1 aliphatic carbocycles. The van der Waals surface area contributed by atoms with E-state index >= 15 is 0 Å². The van der Waals surface area contributed by atoms with Crippen LogP contribution in [0.5, 0.6) is 5.75 Å². The Morgan fingerprint density at radius 1 is 0.969 bits per heavy atom. The van der Waals surface area contributed by atoms with Gasteiger partial charge in [-0.1, -0.05) is 74.7 Å². The second-order valence-electron chi connectivity index (χ2n) is 8.68. The lowest BCUT2D eigenvalue weighted by atomic mass is 10.1. The first-order chi connectivity index (χ1) is 15.8. The van der Waals surface area contributed by atoms with Crippen LogP contribution >= 0.6 is 11.3 Å². The molecule has 0 radical (unpaired) electrons. The Balaban J connectivity index is 1.58. The minimum Gasteiger partial charge on any atom is -0.488 e. The largest absolute Gasteiger partial charge is 0.488 e. The maximum Gasteiger partial charge on any atom is 0.129 e. The van der Waals surface area contributed by atoms with Crippen molar-refractivity contribution >= 4 is 23.1 Å². The van der Waals surface area contributed by atoms with Gasteiger partial charge in [-0.15, -0.1) is 11.3 Å². The van der Waals surface area contributed by atoms with Crippen molar-refractivity contribution < 1.29 is 4.74 Å². The van der Waals surface area contributed by atoms with Gasteiger partial charge >= 0.3 is 0 Å². The highest BCUT2D eigenvalue weighted by Gasteiger charge is 2.32. The van der Waals surface area contributed by atoms with Gasteiger partial charge in [0.05, 0.1) is 0 Å². The third-order valence-corrected chi connectivity index (χ3v) is 7.10. The van der Waals surface area contributed by atoms with Gasteiger partial charge in [0.15, 0.2) is 0 Å². The number of unbranched alkanes of at least 4 members (excludes halogenated alkanes) is 2. The standard InChI is InChI=1S/C29H35NOS/c1-3-5-16-30(17-6-4-2)26-15-14-24(19-25-20-27(25)29-13-10-18-32-29)28(21-26)31-22-23-11-8-7-9-12-23/h7-15,18-19,21,27H,3-6,16-17,20,22H2,1-2H3/b25-19+. The van der Waals surface area contributed by atoms with Crippen LogP contribution in [0.4, 0.5) is 5.69 Å². The van der Waals surface area contributed by atoms with Crippen molar-refractivity contribution in [1.82, 2.24) is 0 Å². The van der Waals surface area contributed by atoms with E-state index in [2.05, 4.69) is 90.9 Å². The molecule has 1 unspecified atom stereocenters. The summed E-state index contributed by atoms with van der Waals surface area (Å²) in [5.41, 5.74) is 5.19. The first kappa shape index (κ1) is 22.7. The van der Waals surface area contributed by atoms with Crippen molar-refractivity contribution in [2.45, 2.75) is 58.5 Å². The van der Waals surface area contributed by atoms with Gasteiger partial charge in [0.25, 0.3) is 0 Å². The molecular formula is C29H35NOS. The summed E-state index contributed by atoms with van der Waals surface area (Å²) in [5.74, 6) is 1.59. The number of benzene rings is 2. The molecule has 168 valence electrons. The van der Waals surface area contributed by atoms with Crippen molar-refractivity contribution in [3.63, 3.8) is 0 Å². The highest BCUT2D eigenvalue weighted by Crippen LogP contribution is 2.50. The molecule has 0 aliphatic heterocycles. The van der Waals surface area contributed by atoms with Crippen LogP contribution < -0.4 is 9.64 Å². The van der Waals surface area contributed by atoms with E-state index in [1.807, 2.05) is 11.3 Å². The van der Waals surface area contributed by atoms with E-state index < -0.39 is 0 Å². The molecule has 1 saturated carbocycles. The number of thiophene rings is 1. The smallest absolute Gasteiger partial charge is 0.129 e. The van der Waals surface area contributed by atoms with Crippen LogP contribution in [0, 0.1) is 0 Å². The molecule has 1 atom stereocenters. The Bertz CT molecular complexity index is 985. The van der Waals surface area contributed by atoms with Crippen molar-refractivity contribution in [3.05, 3.63) is 87.6 Å². The van der Waals surface area contributed by atoms with Crippen molar-refractivity contribution in [3.8, 4) is 5.75 Å². The molecule has 1 aromatic heterocycles. The third-order valence-electron chi connectivity index (χ3n) is 6.12. The minimum absolute atomic E-state index is 0.596. The normalized spacial score (nSPS) is 16.3. The van der Waals surface area contributed by atoms with Gasteiger partial charge in [-0.3, -0.25) is 0 Å². The van der Waals surface area contributed by atoms with Gasteiger partial charge in [-0.25, -0.2) is 0 Å². The Kier molecular flexibility index (Phi) is 8.06. The maximum atomic E-state index is 6.41. The van der Waals surface area contributed by atoms with Crippen LogP contribution in [0.3, 0.4) is 0 Å². The summed E-state index contributed by atoms with van der Waals surface area (Å²) in [5, 5.41) is 2.18. The minimum atomic E-state index is 0.596. The molecule has 3 heteroatoms. The molecule has 1 aliphatic rings. The fourth-order valence-corrected chi connectivity index (χ4v) is 4.95. The predicted molar refractivity (Wildman–Crippen MR) is 139 cm³/mol. The van der Waals surface area contributed by atoms with Gasteiger partial charge in [-0.05, 0) is 48.4 Å². The van der Waals surface area contributed by atoms with E-state index in [1.54, 1.807) is 0 Å². The van der Waals surface area contributed by atoms with Crippen molar-refractivity contribution in [2.75, 3.05) is 18.0 Å². The summed E-state index contributed by atoms with van der Waals surface area (Å²) in [4.78, 5) is 4.01. The SMILES string of the molecule is CCCCN(CCCC)c1ccc(/C=C2\CC2c2cccs2)c(OCc2ccccc2)c1. The van der Waals surface area contributed by atoms with Crippen LogP contribution in [0.2, 0.25) is 0 Å². The topological polar surface area (TPSA) is 12.5 Å². The van der Waals surface area contributed by atoms with Crippen LogP contribution in [0.15, 0.2) is 71.6 Å². The lowest BCUT2D eigenvalue weighted by Crippen LogP contribution is -2.25. The second-order valence-corrected chi connectivity index (χ2v) is 9.66. The average molecular weight is 446 g/mol. The number of nitrogens with zero attached hydrogens (tertiary/aromatic N) is 1. The zero-order chi connectivity index (χ0) is 22.2. The van der Waals surface area contributed by atoms with E-state index in [-0.39, 0.29) is 0 Å². The molecule has 0 amide bonds. The number of ether oxygens (including phenoxy) is 1. The summed E-state index contributed by atoms with van der Waals surface area (Å²) in [6.07, 6.45) is 8.40. The molecule has 32 heavy (non-hydrogen) atoms. The lowest BCUT2D eigenvalue weighted by Gasteiger charge is -2.25. The Labute approximate surface area is 197 Å². The number of allylic oxidation sites excluding steroid dienone is 1. The summed E-state index contributed by atoms with van der Waals surface area (Å²) in [7, 11) is 0. The number of hydrogen-bond acceptors (Lipinski definition) is 3. The molecule has 4 rings (SSSR count). The average Bonchev–Trinajstić information content (AvgIpc) is 3.37. The summed E-state index contributed by atoms with van der Waals surface area (Å²) in [6.45, 7) is 7.34. The lowest BCUT2D eigenvalue weighted by molar-refractivity contribution is 0.305. The van der Waals surface area contributed by atoms with Gasteiger partial charge in [0, 0.05) is 41.2 Å². The van der Waals surface area contributed by atoms with E-state index in [4.69, 9.17) is 4.74 Å². The quantitative estimate of drug-likeness (QED) is 0.278. The zero-order valence-electron chi connectivity index (χ0n) is 19.4. The van der Waals surface area contributed by atoms with Crippen molar-refractivity contribution in [2.24, 2.45) is 0 Å². The number of hydrogen-bond donors (Lipinski definition) is 0. The van der Waals surface area contributed by atoms with Gasteiger partial charge < -0.3 is 9.64 Å². The molecule has 0 bridgehead atoms. The Hall–Kier alpha value is -2.52. The molecule has 0 N–H and O–H groups in total. The monoisotopic (exact) mass is 445 g/mol. The molecule has 3 aromatic rings. The van der Waals surface area contributed by atoms with Crippen molar-refractivity contribution in [1.29, 1.82) is 0 Å². The number of rotatable bonds is 12. The highest BCUT2D eigenvalue weighted by molar-refractivity contribution is 7.10. The molecule has 2 nitrogen and oxygen atoms in total. The van der Waals surface area contributed by atoms with E-state index in [0.29, 0.717) is 12.5 Å². The van der Waals surface area contributed by atoms with E-state index in [9.17, 15) is 0 Å². The fourth-order valence-electron chi connectivity index (χ4n) is 4.08. The first-order valence-corrected chi connectivity index (χ1v) is 13.0. The fraction of sp³-hybridized carbons (Fsp3) is 0.379. The molecular weight excluding hydrogens is 410 g/mol. The summed E-state index contributed by atoms with van der Waals surface area (Å²) in [6, 6.07) is 21.7. The zero-order valence-corrected chi connectivity index (χ0v) is 20.2. The molecule has 2 aromatic carbocycles. The van der Waals surface area contributed by atoms with Gasteiger partial charge in [0.1, 0.15) is 12.4 Å². The second kappa shape index (κ2) is 11.4. The third kappa shape index (κ3) is 6.04. The van der Waals surface area contributed by atoms with E-state index in [1.165, 1.54) is 59.4 Å². The number of anilines is 1. The molecule has 0 spiro atoms. The first-order valence-electron chi connectivity index (χ1n) is 12.1. The summed E-state index contributed by atoms with van der Waals surface area (Å²) >= 11 is 1.86. The van der Waals surface area contributed by atoms with Crippen LogP contribution in [0.1, 0.15) is 67.9 Å².